The van der Waals surface area contributed by atoms with E-state index in [1.807, 2.05) is 20.8 Å². The van der Waals surface area contributed by atoms with Crippen molar-refractivity contribution in [2.24, 2.45) is 0 Å². The average Bonchev–Trinajstić information content (AvgIpc) is 2.03. The predicted octanol–water partition coefficient (Wildman–Crippen LogP) is 2.32. The molecule has 0 aliphatic rings. The molecule has 0 aromatic carbocycles. The molecule has 1 atom stereocenters. The second kappa shape index (κ2) is 6.39. The van der Waals surface area contributed by atoms with E-state index >= 15 is 0 Å². The summed E-state index contributed by atoms with van der Waals surface area (Å²) in [5, 5.41) is 12.8. The van der Waals surface area contributed by atoms with Crippen LogP contribution in [0.25, 0.3) is 0 Å². The van der Waals surface area contributed by atoms with Gasteiger partial charge in [0.2, 0.25) is 0 Å². The van der Waals surface area contributed by atoms with Crippen molar-refractivity contribution in [1.29, 1.82) is 0 Å². The second-order valence-electron chi connectivity index (χ2n) is 4.39. The van der Waals surface area contributed by atoms with Crippen molar-refractivity contribution in [3.8, 4) is 0 Å². The standard InChI is InChI=1S/C11H25NO/c1-5-6-7-8-9-12-11(3,4)10(2)13/h10,12-13H,5-9H2,1-4H3. The first-order valence-corrected chi connectivity index (χ1v) is 5.43. The van der Waals surface area contributed by atoms with Crippen molar-refractivity contribution in [3.63, 3.8) is 0 Å². The number of hydrogen-bond acceptors (Lipinski definition) is 2. The topological polar surface area (TPSA) is 32.3 Å². The Morgan fingerprint density at radius 1 is 1.23 bits per heavy atom. The van der Waals surface area contributed by atoms with E-state index < -0.39 is 0 Å². The normalized spacial score (nSPS) is 14.5. The molecule has 13 heavy (non-hydrogen) atoms. The van der Waals surface area contributed by atoms with E-state index in [0.29, 0.717) is 0 Å². The van der Waals surface area contributed by atoms with Crippen LogP contribution in [0.4, 0.5) is 0 Å². The molecule has 2 nitrogen and oxygen atoms in total. The summed E-state index contributed by atoms with van der Waals surface area (Å²) in [4.78, 5) is 0. The van der Waals surface area contributed by atoms with Crippen LogP contribution in [0.2, 0.25) is 0 Å². The maximum absolute atomic E-state index is 9.42. The number of nitrogens with one attached hydrogen (secondary N) is 1. The Morgan fingerprint density at radius 3 is 2.31 bits per heavy atom. The highest BCUT2D eigenvalue weighted by atomic mass is 16.3. The molecule has 0 rings (SSSR count). The Labute approximate surface area is 82.7 Å². The molecule has 1 unspecified atom stereocenters. The maximum atomic E-state index is 9.42. The first-order chi connectivity index (χ1) is 6.00. The van der Waals surface area contributed by atoms with Crippen molar-refractivity contribution >= 4 is 0 Å². The third-order valence-electron chi connectivity index (χ3n) is 2.66. The molecule has 2 N–H and O–H groups in total. The van der Waals surface area contributed by atoms with Crippen LogP contribution in [-0.4, -0.2) is 23.3 Å². The summed E-state index contributed by atoms with van der Waals surface area (Å²) in [5.74, 6) is 0. The summed E-state index contributed by atoms with van der Waals surface area (Å²) >= 11 is 0. The fourth-order valence-electron chi connectivity index (χ4n) is 1.11. The fourth-order valence-corrected chi connectivity index (χ4v) is 1.11. The molecule has 0 radical (unpaired) electrons. The molecule has 0 saturated heterocycles. The summed E-state index contributed by atoms with van der Waals surface area (Å²) in [5.41, 5.74) is -0.147. The van der Waals surface area contributed by atoms with Crippen LogP contribution in [0, 0.1) is 0 Å². The van der Waals surface area contributed by atoms with Crippen LogP contribution in [0.5, 0.6) is 0 Å². The van der Waals surface area contributed by atoms with Crippen molar-refractivity contribution in [2.45, 2.75) is 65.0 Å². The first-order valence-electron chi connectivity index (χ1n) is 5.43. The van der Waals surface area contributed by atoms with E-state index in [1.165, 1.54) is 25.7 Å². The van der Waals surface area contributed by atoms with Crippen LogP contribution in [0.15, 0.2) is 0 Å². The van der Waals surface area contributed by atoms with Gasteiger partial charge in [-0.05, 0) is 33.7 Å². The highest BCUT2D eigenvalue weighted by molar-refractivity contribution is 4.82. The molecule has 0 bridgehead atoms. The van der Waals surface area contributed by atoms with Crippen LogP contribution < -0.4 is 5.32 Å². The Hall–Kier alpha value is -0.0800. The van der Waals surface area contributed by atoms with Crippen LogP contribution >= 0.6 is 0 Å². The van der Waals surface area contributed by atoms with Crippen molar-refractivity contribution < 1.29 is 5.11 Å². The van der Waals surface area contributed by atoms with Gasteiger partial charge in [0, 0.05) is 5.54 Å². The molecule has 0 saturated carbocycles. The summed E-state index contributed by atoms with van der Waals surface area (Å²) < 4.78 is 0. The molecule has 0 spiro atoms. The van der Waals surface area contributed by atoms with Gasteiger partial charge in [0.15, 0.2) is 0 Å². The average molecular weight is 187 g/mol. The molecule has 0 aromatic rings. The number of hydrogen-bond donors (Lipinski definition) is 2. The molecular formula is C11H25NO. The van der Waals surface area contributed by atoms with E-state index in [4.69, 9.17) is 0 Å². The molecule has 0 fully saturated rings. The SMILES string of the molecule is CCCCCCNC(C)(C)C(C)O. The predicted molar refractivity (Wildman–Crippen MR) is 57.9 cm³/mol. The molecule has 0 aliphatic carbocycles. The van der Waals surface area contributed by atoms with Crippen LogP contribution in [-0.2, 0) is 0 Å². The van der Waals surface area contributed by atoms with E-state index in [9.17, 15) is 5.11 Å². The summed E-state index contributed by atoms with van der Waals surface area (Å²) in [6.45, 7) is 9.14. The molecule has 0 amide bonds. The minimum Gasteiger partial charge on any atom is -0.392 e. The summed E-state index contributed by atoms with van der Waals surface area (Å²) in [6, 6.07) is 0. The number of rotatable bonds is 7. The zero-order chi connectivity index (χ0) is 10.3. The van der Waals surface area contributed by atoms with Gasteiger partial charge in [-0.1, -0.05) is 26.2 Å². The third-order valence-corrected chi connectivity index (χ3v) is 2.66. The largest absolute Gasteiger partial charge is 0.392 e. The minimum atomic E-state index is -0.293. The maximum Gasteiger partial charge on any atom is 0.0688 e. The van der Waals surface area contributed by atoms with Gasteiger partial charge >= 0.3 is 0 Å². The lowest BCUT2D eigenvalue weighted by Gasteiger charge is -2.29. The van der Waals surface area contributed by atoms with Gasteiger partial charge in [-0.25, -0.2) is 0 Å². The van der Waals surface area contributed by atoms with Crippen molar-refractivity contribution in [1.82, 2.24) is 5.32 Å². The molecular weight excluding hydrogens is 162 g/mol. The number of unbranched alkanes of at least 4 members (excludes halogenated alkanes) is 3. The van der Waals surface area contributed by atoms with Gasteiger partial charge in [-0.15, -0.1) is 0 Å². The van der Waals surface area contributed by atoms with Gasteiger partial charge < -0.3 is 10.4 Å². The van der Waals surface area contributed by atoms with Crippen LogP contribution in [0.3, 0.4) is 0 Å². The lowest BCUT2D eigenvalue weighted by Crippen LogP contribution is -2.48. The zero-order valence-corrected chi connectivity index (χ0v) is 9.56. The molecule has 80 valence electrons. The van der Waals surface area contributed by atoms with Crippen molar-refractivity contribution in [2.75, 3.05) is 6.54 Å². The zero-order valence-electron chi connectivity index (χ0n) is 9.56. The second-order valence-corrected chi connectivity index (χ2v) is 4.39. The van der Waals surface area contributed by atoms with Gasteiger partial charge in [0.05, 0.1) is 6.10 Å². The van der Waals surface area contributed by atoms with E-state index in [-0.39, 0.29) is 11.6 Å². The number of aliphatic hydroxyl groups excluding tert-OH is 1. The number of aliphatic hydroxyl groups is 1. The van der Waals surface area contributed by atoms with Gasteiger partial charge in [-0.3, -0.25) is 0 Å². The third kappa shape index (κ3) is 6.05. The first kappa shape index (κ1) is 12.9. The monoisotopic (exact) mass is 187 g/mol. The van der Waals surface area contributed by atoms with E-state index in [1.54, 1.807) is 0 Å². The van der Waals surface area contributed by atoms with E-state index in [2.05, 4.69) is 12.2 Å². The highest BCUT2D eigenvalue weighted by Gasteiger charge is 2.22. The highest BCUT2D eigenvalue weighted by Crippen LogP contribution is 2.08. The van der Waals surface area contributed by atoms with Gasteiger partial charge in [-0.2, -0.15) is 0 Å². The molecule has 2 heteroatoms. The Kier molecular flexibility index (Phi) is 6.35. The lowest BCUT2D eigenvalue weighted by atomic mass is 9.98. The van der Waals surface area contributed by atoms with Crippen molar-refractivity contribution in [3.05, 3.63) is 0 Å². The quantitative estimate of drug-likeness (QED) is 0.599. The lowest BCUT2D eigenvalue weighted by molar-refractivity contribution is 0.0966. The minimum absolute atomic E-state index is 0.147. The summed E-state index contributed by atoms with van der Waals surface area (Å²) in [6.07, 6.45) is 4.80. The Morgan fingerprint density at radius 2 is 1.85 bits per heavy atom. The Balaban J connectivity index is 3.41. The van der Waals surface area contributed by atoms with E-state index in [0.717, 1.165) is 6.54 Å². The Bertz CT molecular complexity index is 121. The van der Waals surface area contributed by atoms with Crippen LogP contribution in [0.1, 0.15) is 53.4 Å². The molecule has 0 aromatic heterocycles. The molecule has 0 aliphatic heterocycles. The fraction of sp³-hybridized carbons (Fsp3) is 1.00. The van der Waals surface area contributed by atoms with Gasteiger partial charge in [0.1, 0.15) is 0 Å². The summed E-state index contributed by atoms with van der Waals surface area (Å²) in [7, 11) is 0. The smallest absolute Gasteiger partial charge is 0.0688 e. The molecule has 0 heterocycles. The van der Waals surface area contributed by atoms with Gasteiger partial charge in [0.25, 0.3) is 0 Å².